The van der Waals surface area contributed by atoms with E-state index in [1.54, 1.807) is 29.2 Å². The topological polar surface area (TPSA) is 72.9 Å². The van der Waals surface area contributed by atoms with E-state index in [-0.39, 0.29) is 5.91 Å². The van der Waals surface area contributed by atoms with Crippen molar-refractivity contribution in [1.82, 2.24) is 14.9 Å². The lowest BCUT2D eigenvalue weighted by atomic mass is 10.1. The molecular weight excluding hydrogens is 311 g/mol. The summed E-state index contributed by atoms with van der Waals surface area (Å²) >= 11 is 11.9. The van der Waals surface area contributed by atoms with E-state index >= 15 is 0 Å². The largest absolute Gasteiger partial charge is 0.350 e. The van der Waals surface area contributed by atoms with Gasteiger partial charge in [-0.15, -0.1) is 0 Å². The average molecular weight is 327 g/mol. The molecule has 0 unspecified atom stereocenters. The number of nitrogens with one attached hydrogen (secondary N) is 1. The number of rotatable bonds is 6. The van der Waals surface area contributed by atoms with E-state index in [0.29, 0.717) is 41.8 Å². The predicted octanol–water partition coefficient (Wildman–Crippen LogP) is 2.12. The quantitative estimate of drug-likeness (QED) is 0.854. The zero-order valence-corrected chi connectivity index (χ0v) is 12.9. The minimum absolute atomic E-state index is 0.212. The highest BCUT2D eigenvalue weighted by atomic mass is 35.5. The smallest absolute Gasteiger partial charge is 0.271 e. The predicted molar refractivity (Wildman–Crippen MR) is 83.8 cm³/mol. The van der Waals surface area contributed by atoms with Crippen molar-refractivity contribution in [2.24, 2.45) is 5.73 Å². The third kappa shape index (κ3) is 4.46. The summed E-state index contributed by atoms with van der Waals surface area (Å²) in [4.78, 5) is 16.0. The highest BCUT2D eigenvalue weighted by Gasteiger charge is 2.09. The molecule has 0 aliphatic heterocycles. The van der Waals surface area contributed by atoms with E-state index in [0.717, 1.165) is 5.56 Å². The van der Waals surface area contributed by atoms with Crippen LogP contribution in [0.15, 0.2) is 30.7 Å². The number of hydrogen-bond donors (Lipinski definition) is 2. The third-order valence-electron chi connectivity index (χ3n) is 2.95. The minimum atomic E-state index is -0.212. The van der Waals surface area contributed by atoms with E-state index in [1.807, 2.05) is 6.07 Å². The van der Waals surface area contributed by atoms with Crippen LogP contribution in [0, 0.1) is 0 Å². The number of imidazole rings is 1. The van der Waals surface area contributed by atoms with Crippen LogP contribution in [0.3, 0.4) is 0 Å². The summed E-state index contributed by atoms with van der Waals surface area (Å²) < 4.78 is 1.78. The Labute approximate surface area is 133 Å². The first-order valence-corrected chi connectivity index (χ1v) is 7.29. The maximum atomic E-state index is 11.9. The molecular formula is C14H16Cl2N4O. The Hall–Kier alpha value is -1.56. The Kier molecular flexibility index (Phi) is 5.61. The van der Waals surface area contributed by atoms with Gasteiger partial charge in [0.05, 0.1) is 6.33 Å². The Bertz CT molecular complexity index is 627. The number of amides is 1. The van der Waals surface area contributed by atoms with Crippen LogP contribution < -0.4 is 11.1 Å². The van der Waals surface area contributed by atoms with Crippen LogP contribution in [0.4, 0.5) is 0 Å². The molecule has 0 radical (unpaired) electrons. The lowest BCUT2D eigenvalue weighted by Gasteiger charge is -2.06. The first-order valence-electron chi connectivity index (χ1n) is 6.54. The Morgan fingerprint density at radius 1 is 1.38 bits per heavy atom. The van der Waals surface area contributed by atoms with Gasteiger partial charge in [-0.1, -0.05) is 29.3 Å². The second-order valence-corrected chi connectivity index (χ2v) is 5.37. The van der Waals surface area contributed by atoms with Crippen LogP contribution >= 0.6 is 23.2 Å². The fourth-order valence-corrected chi connectivity index (χ4v) is 2.38. The lowest BCUT2D eigenvalue weighted by molar-refractivity contribution is 0.0949. The van der Waals surface area contributed by atoms with Crippen LogP contribution in [0.25, 0.3) is 0 Å². The van der Waals surface area contributed by atoms with Crippen molar-refractivity contribution in [3.8, 4) is 0 Å². The number of hydrogen-bond acceptors (Lipinski definition) is 3. The summed E-state index contributed by atoms with van der Waals surface area (Å²) in [6.07, 6.45) is 3.90. The highest BCUT2D eigenvalue weighted by molar-refractivity contribution is 6.35. The molecule has 1 aromatic carbocycles. The monoisotopic (exact) mass is 326 g/mol. The number of benzene rings is 1. The van der Waals surface area contributed by atoms with E-state index in [2.05, 4.69) is 10.3 Å². The molecule has 0 bridgehead atoms. The minimum Gasteiger partial charge on any atom is -0.350 e. The molecule has 0 atom stereocenters. The molecule has 2 aromatic rings. The molecule has 5 nitrogen and oxygen atoms in total. The summed E-state index contributed by atoms with van der Waals surface area (Å²) in [6.45, 7) is 1.62. The molecule has 0 fully saturated rings. The van der Waals surface area contributed by atoms with E-state index in [4.69, 9.17) is 28.9 Å². The molecule has 0 aliphatic carbocycles. The molecule has 112 valence electrons. The van der Waals surface area contributed by atoms with Gasteiger partial charge in [-0.2, -0.15) is 0 Å². The molecule has 1 heterocycles. The maximum Gasteiger partial charge on any atom is 0.271 e. The SMILES string of the molecule is NCCn1cnc(C(=O)NCCc2ccc(Cl)cc2Cl)c1. The number of aromatic nitrogens is 2. The molecule has 3 N–H and O–H groups in total. The number of carbonyl (C=O) groups excluding carboxylic acids is 1. The normalized spacial score (nSPS) is 10.6. The van der Waals surface area contributed by atoms with Crippen LogP contribution in [0.5, 0.6) is 0 Å². The van der Waals surface area contributed by atoms with Gasteiger partial charge in [0.25, 0.3) is 5.91 Å². The summed E-state index contributed by atoms with van der Waals surface area (Å²) in [5, 5.41) is 4.00. The van der Waals surface area contributed by atoms with Gasteiger partial charge in [0.15, 0.2) is 0 Å². The first kappa shape index (κ1) is 15.8. The molecule has 7 heteroatoms. The van der Waals surface area contributed by atoms with Gasteiger partial charge in [0.1, 0.15) is 5.69 Å². The van der Waals surface area contributed by atoms with Gasteiger partial charge < -0.3 is 15.6 Å². The van der Waals surface area contributed by atoms with E-state index in [1.165, 1.54) is 0 Å². The van der Waals surface area contributed by atoms with Crippen LogP contribution in [-0.2, 0) is 13.0 Å². The summed E-state index contributed by atoms with van der Waals surface area (Å²) in [5.41, 5.74) is 6.76. The number of nitrogens with two attached hydrogens (primary N) is 1. The van der Waals surface area contributed by atoms with Crippen molar-refractivity contribution in [1.29, 1.82) is 0 Å². The van der Waals surface area contributed by atoms with Crippen molar-refractivity contribution in [2.45, 2.75) is 13.0 Å². The molecule has 1 amide bonds. The zero-order chi connectivity index (χ0) is 15.2. The number of carbonyl (C=O) groups is 1. The second-order valence-electron chi connectivity index (χ2n) is 4.53. The van der Waals surface area contributed by atoms with Crippen molar-refractivity contribution in [3.05, 3.63) is 52.0 Å². The molecule has 0 spiro atoms. The van der Waals surface area contributed by atoms with Gasteiger partial charge in [-0.05, 0) is 24.1 Å². The molecule has 0 saturated carbocycles. The van der Waals surface area contributed by atoms with Gasteiger partial charge in [-0.3, -0.25) is 4.79 Å². The van der Waals surface area contributed by atoms with Crippen molar-refractivity contribution < 1.29 is 4.79 Å². The molecule has 2 rings (SSSR count). The number of halogens is 2. The van der Waals surface area contributed by atoms with Gasteiger partial charge in [0.2, 0.25) is 0 Å². The Morgan fingerprint density at radius 3 is 2.90 bits per heavy atom. The summed E-state index contributed by atoms with van der Waals surface area (Å²) in [7, 11) is 0. The van der Waals surface area contributed by atoms with Crippen LogP contribution in [0.2, 0.25) is 10.0 Å². The first-order chi connectivity index (χ1) is 10.1. The second kappa shape index (κ2) is 7.45. The zero-order valence-electron chi connectivity index (χ0n) is 11.4. The van der Waals surface area contributed by atoms with Crippen LogP contribution in [-0.4, -0.2) is 28.5 Å². The number of nitrogens with zero attached hydrogens (tertiary/aromatic N) is 2. The molecule has 1 aromatic heterocycles. The Balaban J connectivity index is 1.86. The Morgan fingerprint density at radius 2 is 2.19 bits per heavy atom. The fraction of sp³-hybridized carbons (Fsp3) is 0.286. The van der Waals surface area contributed by atoms with Gasteiger partial charge in [-0.25, -0.2) is 4.98 Å². The van der Waals surface area contributed by atoms with E-state index < -0.39 is 0 Å². The van der Waals surface area contributed by atoms with Crippen molar-refractivity contribution in [3.63, 3.8) is 0 Å². The molecule has 0 saturated heterocycles. The standard InChI is InChI=1S/C14H16Cl2N4O/c15-11-2-1-10(12(16)7-11)3-5-18-14(21)13-8-20(6-4-17)9-19-13/h1-2,7-9H,3-6,17H2,(H,18,21). The summed E-state index contributed by atoms with van der Waals surface area (Å²) in [5.74, 6) is -0.212. The van der Waals surface area contributed by atoms with Crippen LogP contribution in [0.1, 0.15) is 16.1 Å². The van der Waals surface area contributed by atoms with Gasteiger partial charge in [0, 0.05) is 35.9 Å². The van der Waals surface area contributed by atoms with Crippen molar-refractivity contribution >= 4 is 29.1 Å². The lowest BCUT2D eigenvalue weighted by Crippen LogP contribution is -2.26. The fourth-order valence-electron chi connectivity index (χ4n) is 1.87. The van der Waals surface area contributed by atoms with Gasteiger partial charge >= 0.3 is 0 Å². The molecule has 21 heavy (non-hydrogen) atoms. The average Bonchev–Trinajstić information content (AvgIpc) is 2.90. The third-order valence-corrected chi connectivity index (χ3v) is 3.54. The molecule has 0 aliphatic rings. The van der Waals surface area contributed by atoms with E-state index in [9.17, 15) is 4.79 Å². The maximum absolute atomic E-state index is 11.9. The summed E-state index contributed by atoms with van der Waals surface area (Å²) in [6, 6.07) is 5.32. The van der Waals surface area contributed by atoms with Crippen molar-refractivity contribution in [2.75, 3.05) is 13.1 Å². The highest BCUT2D eigenvalue weighted by Crippen LogP contribution is 2.21.